The van der Waals surface area contributed by atoms with E-state index in [-0.39, 0.29) is 0 Å². The number of carbonyl (C=O) groups is 1. The highest BCUT2D eigenvalue weighted by Crippen LogP contribution is 2.35. The Morgan fingerprint density at radius 1 is 0.536 bits per heavy atom. The Kier molecular flexibility index (Phi) is 5.22. The minimum absolute atomic E-state index is 0.441. The molecule has 3 heteroatoms. The molecule has 0 N–H and O–H groups in total. The van der Waals surface area contributed by atoms with Gasteiger partial charge in [0, 0.05) is 22.6 Å². The molecule has 0 saturated heterocycles. The van der Waals surface area contributed by atoms with Gasteiger partial charge in [-0.2, -0.15) is 0 Å². The van der Waals surface area contributed by atoms with Crippen LogP contribution in [0.2, 0.25) is 0 Å². The zero-order valence-electron chi connectivity index (χ0n) is 15.1. The Balaban J connectivity index is 1.69. The van der Waals surface area contributed by atoms with Crippen LogP contribution in [0.25, 0.3) is 11.1 Å². The first-order valence-corrected chi connectivity index (χ1v) is 9.41. The highest BCUT2D eigenvalue weighted by molar-refractivity contribution is 6.67. The summed E-state index contributed by atoms with van der Waals surface area (Å²) in [5.41, 5.74) is 5.91. The maximum Gasteiger partial charge on any atom is 0.252 e. The lowest BCUT2D eigenvalue weighted by Gasteiger charge is -2.25. The summed E-state index contributed by atoms with van der Waals surface area (Å²) in [6, 6.07) is 36.3. The van der Waals surface area contributed by atoms with E-state index in [4.69, 9.17) is 11.6 Å². The third-order valence-electron chi connectivity index (χ3n) is 4.60. The van der Waals surface area contributed by atoms with Gasteiger partial charge in [-0.15, -0.1) is 0 Å². The fourth-order valence-electron chi connectivity index (χ4n) is 3.20. The molecule has 0 heterocycles. The van der Waals surface area contributed by atoms with Crippen molar-refractivity contribution < 1.29 is 4.79 Å². The first-order chi connectivity index (χ1) is 13.7. The van der Waals surface area contributed by atoms with Crippen LogP contribution in [0.3, 0.4) is 0 Å². The summed E-state index contributed by atoms with van der Waals surface area (Å²) in [5, 5.41) is -0.441. The van der Waals surface area contributed by atoms with E-state index in [2.05, 4.69) is 53.4 Å². The van der Waals surface area contributed by atoms with Gasteiger partial charge in [0.15, 0.2) is 0 Å². The Bertz CT molecular complexity index is 1020. The molecule has 0 spiro atoms. The summed E-state index contributed by atoms with van der Waals surface area (Å²) in [4.78, 5) is 13.5. The van der Waals surface area contributed by atoms with Gasteiger partial charge >= 0.3 is 0 Å². The average molecular weight is 384 g/mol. The highest BCUT2D eigenvalue weighted by atomic mass is 35.5. The molecule has 4 aromatic carbocycles. The second-order valence-corrected chi connectivity index (χ2v) is 6.75. The number of halogens is 1. The van der Waals surface area contributed by atoms with Gasteiger partial charge in [-0.3, -0.25) is 4.79 Å². The van der Waals surface area contributed by atoms with E-state index in [1.165, 1.54) is 0 Å². The summed E-state index contributed by atoms with van der Waals surface area (Å²) in [6.07, 6.45) is 0. The van der Waals surface area contributed by atoms with Crippen molar-refractivity contribution >= 4 is 33.9 Å². The lowest BCUT2D eigenvalue weighted by Crippen LogP contribution is -2.09. The number of nitrogens with zero attached hydrogens (tertiary/aromatic N) is 1. The van der Waals surface area contributed by atoms with Crippen LogP contribution < -0.4 is 4.90 Å². The molecule has 0 atom stereocenters. The minimum Gasteiger partial charge on any atom is -0.311 e. The summed E-state index contributed by atoms with van der Waals surface area (Å²) < 4.78 is 0. The topological polar surface area (TPSA) is 20.3 Å². The lowest BCUT2D eigenvalue weighted by atomic mass is 10.0. The number of hydrogen-bond donors (Lipinski definition) is 0. The van der Waals surface area contributed by atoms with E-state index >= 15 is 0 Å². The van der Waals surface area contributed by atoms with Crippen molar-refractivity contribution in [2.24, 2.45) is 0 Å². The number of hydrogen-bond acceptors (Lipinski definition) is 2. The maximum atomic E-state index is 11.2. The molecule has 4 rings (SSSR count). The molecule has 2 nitrogen and oxygen atoms in total. The van der Waals surface area contributed by atoms with Crippen molar-refractivity contribution in [2.75, 3.05) is 4.90 Å². The number of carbonyl (C=O) groups excluding carboxylic acids is 1. The Morgan fingerprint density at radius 2 is 0.929 bits per heavy atom. The predicted molar refractivity (Wildman–Crippen MR) is 117 cm³/mol. The fourth-order valence-corrected chi connectivity index (χ4v) is 3.32. The normalized spacial score (nSPS) is 10.5. The molecule has 0 radical (unpaired) electrons. The number of benzene rings is 4. The monoisotopic (exact) mass is 383 g/mol. The second kappa shape index (κ2) is 8.12. The van der Waals surface area contributed by atoms with E-state index < -0.39 is 5.24 Å². The van der Waals surface area contributed by atoms with Crippen LogP contribution >= 0.6 is 11.6 Å². The van der Waals surface area contributed by atoms with Crippen LogP contribution in [0.1, 0.15) is 10.4 Å². The molecule has 0 saturated carbocycles. The number of rotatable bonds is 5. The summed E-state index contributed by atoms with van der Waals surface area (Å²) in [7, 11) is 0. The van der Waals surface area contributed by atoms with Crippen molar-refractivity contribution in [3.8, 4) is 11.1 Å². The van der Waals surface area contributed by atoms with Crippen molar-refractivity contribution in [1.82, 2.24) is 0 Å². The van der Waals surface area contributed by atoms with Gasteiger partial charge in [0.2, 0.25) is 0 Å². The van der Waals surface area contributed by atoms with Gasteiger partial charge < -0.3 is 4.90 Å². The summed E-state index contributed by atoms with van der Waals surface area (Å²) >= 11 is 5.53. The zero-order valence-corrected chi connectivity index (χ0v) is 15.9. The van der Waals surface area contributed by atoms with Crippen LogP contribution in [0.5, 0.6) is 0 Å². The van der Waals surface area contributed by atoms with Crippen molar-refractivity contribution in [2.45, 2.75) is 0 Å². The molecule has 0 aliphatic carbocycles. The standard InChI is InChI=1S/C25H18ClNO/c26-25(28)21-13-11-19(12-14-21)20-15-17-24(18-16-20)27(22-7-3-1-4-8-22)23-9-5-2-6-10-23/h1-18H. The summed E-state index contributed by atoms with van der Waals surface area (Å²) in [5.74, 6) is 0. The molecule has 136 valence electrons. The molecule has 0 amide bonds. The van der Waals surface area contributed by atoms with Gasteiger partial charge in [-0.1, -0.05) is 60.7 Å². The quantitative estimate of drug-likeness (QED) is 0.339. The van der Waals surface area contributed by atoms with Crippen LogP contribution in [0.4, 0.5) is 17.1 Å². The molecular formula is C25H18ClNO. The van der Waals surface area contributed by atoms with Gasteiger partial charge in [0.25, 0.3) is 5.24 Å². The van der Waals surface area contributed by atoms with E-state index in [1.54, 1.807) is 12.1 Å². The molecule has 28 heavy (non-hydrogen) atoms. The first kappa shape index (κ1) is 18.0. The fraction of sp³-hybridized carbons (Fsp3) is 0. The van der Waals surface area contributed by atoms with E-state index in [0.717, 1.165) is 28.2 Å². The molecule has 0 aliphatic rings. The zero-order chi connectivity index (χ0) is 19.3. The van der Waals surface area contributed by atoms with Crippen LogP contribution in [-0.2, 0) is 0 Å². The SMILES string of the molecule is O=C(Cl)c1ccc(-c2ccc(N(c3ccccc3)c3ccccc3)cc2)cc1. The van der Waals surface area contributed by atoms with Crippen LogP contribution in [-0.4, -0.2) is 5.24 Å². The van der Waals surface area contributed by atoms with Crippen molar-refractivity contribution in [1.29, 1.82) is 0 Å². The largest absolute Gasteiger partial charge is 0.311 e. The molecule has 4 aromatic rings. The van der Waals surface area contributed by atoms with Crippen LogP contribution in [0.15, 0.2) is 109 Å². The Labute approximate surface area is 169 Å². The Morgan fingerprint density at radius 3 is 1.36 bits per heavy atom. The molecule has 0 bridgehead atoms. The third-order valence-corrected chi connectivity index (χ3v) is 4.82. The molecule has 0 aromatic heterocycles. The smallest absolute Gasteiger partial charge is 0.252 e. The van der Waals surface area contributed by atoms with E-state index in [9.17, 15) is 4.79 Å². The first-order valence-electron chi connectivity index (χ1n) is 9.03. The molecule has 0 unspecified atom stereocenters. The molecule has 0 aliphatic heterocycles. The number of para-hydroxylation sites is 2. The van der Waals surface area contributed by atoms with Gasteiger partial charge in [-0.25, -0.2) is 0 Å². The maximum absolute atomic E-state index is 11.2. The van der Waals surface area contributed by atoms with Gasteiger partial charge in [0.1, 0.15) is 0 Å². The average Bonchev–Trinajstić information content (AvgIpc) is 2.76. The summed E-state index contributed by atoms with van der Waals surface area (Å²) in [6.45, 7) is 0. The molecular weight excluding hydrogens is 366 g/mol. The lowest BCUT2D eigenvalue weighted by molar-refractivity contribution is 0.108. The predicted octanol–water partition coefficient (Wildman–Crippen LogP) is 7.20. The second-order valence-electron chi connectivity index (χ2n) is 6.40. The van der Waals surface area contributed by atoms with Crippen molar-refractivity contribution in [3.05, 3.63) is 115 Å². The van der Waals surface area contributed by atoms with E-state index in [0.29, 0.717) is 5.56 Å². The van der Waals surface area contributed by atoms with Crippen LogP contribution in [0, 0.1) is 0 Å². The highest BCUT2D eigenvalue weighted by Gasteiger charge is 2.12. The van der Waals surface area contributed by atoms with E-state index in [1.807, 2.05) is 48.5 Å². The van der Waals surface area contributed by atoms with Gasteiger partial charge in [-0.05, 0) is 71.3 Å². The molecule has 0 fully saturated rings. The number of anilines is 3. The Hall–Kier alpha value is -3.36. The van der Waals surface area contributed by atoms with Crippen molar-refractivity contribution in [3.63, 3.8) is 0 Å². The van der Waals surface area contributed by atoms with Gasteiger partial charge in [0.05, 0.1) is 0 Å². The minimum atomic E-state index is -0.441. The third kappa shape index (κ3) is 3.83.